The molecule has 1 aliphatic rings. The Bertz CT molecular complexity index is 565. The summed E-state index contributed by atoms with van der Waals surface area (Å²) in [5.74, 6) is 6.85. The summed E-state index contributed by atoms with van der Waals surface area (Å²) in [5, 5.41) is 0. The molecule has 0 bridgehead atoms. The van der Waals surface area contributed by atoms with Crippen molar-refractivity contribution in [3.05, 3.63) is 48.3 Å². The average Bonchev–Trinajstić information content (AvgIpc) is 2.56. The maximum atomic E-state index is 5.38. The molecule has 6 nitrogen and oxygen atoms in total. The molecular formula is C15H20N6. The molecule has 1 fully saturated rings. The lowest BCUT2D eigenvalue weighted by Crippen LogP contribution is -2.46. The molecule has 1 saturated heterocycles. The highest BCUT2D eigenvalue weighted by Crippen LogP contribution is 2.15. The van der Waals surface area contributed by atoms with Crippen molar-refractivity contribution in [3.63, 3.8) is 0 Å². The van der Waals surface area contributed by atoms with Crippen LogP contribution in [0.4, 0.5) is 11.6 Å². The van der Waals surface area contributed by atoms with E-state index in [1.807, 2.05) is 0 Å². The molecule has 0 amide bonds. The van der Waals surface area contributed by atoms with Crippen LogP contribution in [0.2, 0.25) is 0 Å². The van der Waals surface area contributed by atoms with Gasteiger partial charge in [-0.25, -0.2) is 10.8 Å². The van der Waals surface area contributed by atoms with Crippen molar-refractivity contribution in [1.29, 1.82) is 0 Å². The molecule has 0 atom stereocenters. The second kappa shape index (κ2) is 6.51. The molecule has 2 aromatic rings. The van der Waals surface area contributed by atoms with Gasteiger partial charge in [-0.1, -0.05) is 30.3 Å². The Hall–Kier alpha value is -2.18. The van der Waals surface area contributed by atoms with E-state index in [9.17, 15) is 0 Å². The van der Waals surface area contributed by atoms with Gasteiger partial charge in [-0.05, 0) is 5.56 Å². The van der Waals surface area contributed by atoms with Gasteiger partial charge in [0, 0.05) is 32.7 Å². The third kappa shape index (κ3) is 3.48. The zero-order valence-electron chi connectivity index (χ0n) is 11.9. The van der Waals surface area contributed by atoms with Crippen molar-refractivity contribution in [2.45, 2.75) is 6.54 Å². The normalized spacial score (nSPS) is 16.0. The Morgan fingerprint density at radius 2 is 1.81 bits per heavy atom. The second-order valence-corrected chi connectivity index (χ2v) is 5.16. The molecule has 110 valence electrons. The Morgan fingerprint density at radius 1 is 1.05 bits per heavy atom. The van der Waals surface area contributed by atoms with Crippen LogP contribution < -0.4 is 16.2 Å². The third-order valence-corrected chi connectivity index (χ3v) is 3.72. The summed E-state index contributed by atoms with van der Waals surface area (Å²) >= 11 is 0. The highest BCUT2D eigenvalue weighted by molar-refractivity contribution is 5.43. The number of nitrogen functional groups attached to an aromatic ring is 1. The van der Waals surface area contributed by atoms with Crippen LogP contribution in [-0.4, -0.2) is 41.0 Å². The number of aromatic nitrogens is 2. The summed E-state index contributed by atoms with van der Waals surface area (Å²) in [6.45, 7) is 4.96. The van der Waals surface area contributed by atoms with Crippen molar-refractivity contribution >= 4 is 11.6 Å². The van der Waals surface area contributed by atoms with Gasteiger partial charge in [0.25, 0.3) is 0 Å². The van der Waals surface area contributed by atoms with E-state index in [1.165, 1.54) is 5.56 Å². The summed E-state index contributed by atoms with van der Waals surface area (Å²) in [7, 11) is 0. The van der Waals surface area contributed by atoms with E-state index < -0.39 is 0 Å². The molecule has 3 N–H and O–H groups in total. The Morgan fingerprint density at radius 3 is 2.52 bits per heavy atom. The number of anilines is 2. The number of benzene rings is 1. The molecule has 0 aliphatic carbocycles. The molecule has 1 aromatic heterocycles. The zero-order valence-corrected chi connectivity index (χ0v) is 11.9. The van der Waals surface area contributed by atoms with Crippen LogP contribution in [0.25, 0.3) is 0 Å². The van der Waals surface area contributed by atoms with Crippen LogP contribution >= 0.6 is 0 Å². The van der Waals surface area contributed by atoms with Crippen molar-refractivity contribution in [2.24, 2.45) is 5.84 Å². The average molecular weight is 284 g/mol. The van der Waals surface area contributed by atoms with Crippen LogP contribution in [0.3, 0.4) is 0 Å². The lowest BCUT2D eigenvalue weighted by Gasteiger charge is -2.35. The number of hydrazine groups is 1. The summed E-state index contributed by atoms with van der Waals surface area (Å²) < 4.78 is 0. The van der Waals surface area contributed by atoms with E-state index >= 15 is 0 Å². The van der Waals surface area contributed by atoms with E-state index in [0.29, 0.717) is 5.82 Å². The zero-order chi connectivity index (χ0) is 14.5. The fraction of sp³-hybridized carbons (Fsp3) is 0.333. The van der Waals surface area contributed by atoms with Gasteiger partial charge >= 0.3 is 0 Å². The minimum absolute atomic E-state index is 0.596. The largest absolute Gasteiger partial charge is 0.353 e. The summed E-state index contributed by atoms with van der Waals surface area (Å²) in [5.41, 5.74) is 3.90. The smallest absolute Gasteiger partial charge is 0.160 e. The number of nitrogens with two attached hydrogens (primary N) is 1. The monoisotopic (exact) mass is 284 g/mol. The SMILES string of the molecule is NNc1cncc(N2CCN(Cc3ccccc3)CC2)n1. The molecule has 21 heavy (non-hydrogen) atoms. The van der Waals surface area contributed by atoms with E-state index in [1.54, 1.807) is 12.4 Å². The first-order chi connectivity index (χ1) is 10.3. The first-order valence-corrected chi connectivity index (χ1v) is 7.15. The fourth-order valence-corrected chi connectivity index (χ4v) is 2.55. The van der Waals surface area contributed by atoms with Gasteiger partial charge in [0.1, 0.15) is 5.82 Å². The van der Waals surface area contributed by atoms with Crippen LogP contribution in [0, 0.1) is 0 Å². The van der Waals surface area contributed by atoms with Gasteiger partial charge in [-0.2, -0.15) is 0 Å². The van der Waals surface area contributed by atoms with Gasteiger partial charge < -0.3 is 10.3 Å². The quantitative estimate of drug-likeness (QED) is 0.647. The Labute approximate surface area is 124 Å². The van der Waals surface area contributed by atoms with Gasteiger partial charge in [-0.15, -0.1) is 0 Å². The highest BCUT2D eigenvalue weighted by Gasteiger charge is 2.18. The summed E-state index contributed by atoms with van der Waals surface area (Å²) in [6.07, 6.45) is 3.41. The van der Waals surface area contributed by atoms with Crippen LogP contribution in [-0.2, 0) is 6.54 Å². The first kappa shape index (κ1) is 13.8. The molecule has 0 radical (unpaired) electrons. The number of hydrogen-bond acceptors (Lipinski definition) is 6. The topological polar surface area (TPSA) is 70.3 Å². The maximum Gasteiger partial charge on any atom is 0.160 e. The lowest BCUT2D eigenvalue weighted by molar-refractivity contribution is 0.249. The van der Waals surface area contributed by atoms with Crippen molar-refractivity contribution in [1.82, 2.24) is 14.9 Å². The Kier molecular flexibility index (Phi) is 4.28. The van der Waals surface area contributed by atoms with Crippen molar-refractivity contribution in [2.75, 3.05) is 36.5 Å². The molecule has 0 spiro atoms. The summed E-state index contributed by atoms with van der Waals surface area (Å²) in [4.78, 5) is 13.3. The van der Waals surface area contributed by atoms with E-state index in [2.05, 4.69) is 55.5 Å². The number of piperazine rings is 1. The number of hydrogen-bond donors (Lipinski definition) is 2. The molecule has 2 heterocycles. The van der Waals surface area contributed by atoms with Gasteiger partial charge in [-0.3, -0.25) is 9.88 Å². The maximum absolute atomic E-state index is 5.38. The number of nitrogens with one attached hydrogen (secondary N) is 1. The number of rotatable bonds is 4. The van der Waals surface area contributed by atoms with E-state index in [4.69, 9.17) is 5.84 Å². The van der Waals surface area contributed by atoms with E-state index in [0.717, 1.165) is 38.5 Å². The van der Waals surface area contributed by atoms with Gasteiger partial charge in [0.05, 0.1) is 12.4 Å². The van der Waals surface area contributed by atoms with E-state index in [-0.39, 0.29) is 0 Å². The first-order valence-electron chi connectivity index (χ1n) is 7.15. The predicted molar refractivity (Wildman–Crippen MR) is 83.8 cm³/mol. The predicted octanol–water partition coefficient (Wildman–Crippen LogP) is 1.08. The lowest BCUT2D eigenvalue weighted by atomic mass is 10.2. The standard InChI is InChI=1S/C15H20N6/c16-19-14-10-17-11-15(18-14)21-8-6-20(7-9-21)12-13-4-2-1-3-5-13/h1-5,10-11H,6-9,12,16H2,(H,18,19). The van der Waals surface area contributed by atoms with Crippen LogP contribution in [0.1, 0.15) is 5.56 Å². The van der Waals surface area contributed by atoms with Crippen LogP contribution in [0.5, 0.6) is 0 Å². The van der Waals surface area contributed by atoms with Gasteiger partial charge in [0.15, 0.2) is 5.82 Å². The molecule has 1 aromatic carbocycles. The molecule has 1 aliphatic heterocycles. The minimum atomic E-state index is 0.596. The molecule has 0 unspecified atom stereocenters. The van der Waals surface area contributed by atoms with Crippen molar-refractivity contribution < 1.29 is 0 Å². The minimum Gasteiger partial charge on any atom is -0.353 e. The summed E-state index contributed by atoms with van der Waals surface area (Å²) in [6, 6.07) is 10.6. The second-order valence-electron chi connectivity index (χ2n) is 5.16. The number of nitrogens with zero attached hydrogens (tertiary/aromatic N) is 4. The molecule has 3 rings (SSSR count). The van der Waals surface area contributed by atoms with Gasteiger partial charge in [0.2, 0.25) is 0 Å². The molecule has 6 heteroatoms. The Balaban J connectivity index is 1.57. The molecule has 0 saturated carbocycles. The molecular weight excluding hydrogens is 264 g/mol. The highest BCUT2D eigenvalue weighted by atomic mass is 15.3. The fourth-order valence-electron chi connectivity index (χ4n) is 2.55. The third-order valence-electron chi connectivity index (χ3n) is 3.72. The van der Waals surface area contributed by atoms with Crippen LogP contribution in [0.15, 0.2) is 42.7 Å². The van der Waals surface area contributed by atoms with Crippen molar-refractivity contribution in [3.8, 4) is 0 Å².